The maximum absolute atomic E-state index is 17.0. The highest BCUT2D eigenvalue weighted by atomic mass is 35.5. The lowest BCUT2D eigenvalue weighted by atomic mass is 9.88. The standard InChI is InChI=1S/C40H48ClF2N5/c1-24-10-11-25(2)47(21-24)17-6-4-5-16-45-39(48-22-28-13-14-29(23-48)46-28)31-18-32(41)35(37(43)38(31)44-3)30-9-7-8-26-12-15-33(42)36(34(26)30)40-19-27(40)20-40/h7-9,12,15,18,24-25,27-29,46H,3-6,10-11,13-14,16-17,19-23H2,1-2H3. The minimum absolute atomic E-state index is 0.103. The van der Waals surface area contributed by atoms with Crippen molar-refractivity contribution < 1.29 is 8.78 Å². The Balaban J connectivity index is 1.11. The molecular weight excluding hydrogens is 624 g/mol. The van der Waals surface area contributed by atoms with Gasteiger partial charge in [0.25, 0.3) is 0 Å². The van der Waals surface area contributed by atoms with Gasteiger partial charge in [-0.1, -0.05) is 49.2 Å². The molecule has 4 unspecified atom stereocenters. The fourth-order valence-electron chi connectivity index (χ4n) is 9.14. The molecule has 3 aromatic carbocycles. The average Bonchev–Trinajstić information content (AvgIpc) is 3.93. The molecule has 3 saturated heterocycles. The second kappa shape index (κ2) is 12.8. The van der Waals surface area contributed by atoms with E-state index in [1.807, 2.05) is 24.3 Å². The van der Waals surface area contributed by atoms with Crippen molar-refractivity contribution in [3.63, 3.8) is 0 Å². The summed E-state index contributed by atoms with van der Waals surface area (Å²) in [6.07, 6.45) is 10.1. The lowest BCUT2D eigenvalue weighted by Crippen LogP contribution is -2.53. The Morgan fingerprint density at radius 2 is 1.77 bits per heavy atom. The number of halogens is 3. The number of likely N-dealkylation sites (tertiary alicyclic amines) is 2. The van der Waals surface area contributed by atoms with Gasteiger partial charge < -0.3 is 15.1 Å². The summed E-state index contributed by atoms with van der Waals surface area (Å²) < 4.78 is 32.5. The summed E-state index contributed by atoms with van der Waals surface area (Å²) in [5.41, 5.74) is 2.24. The number of benzene rings is 3. The number of piperidine rings is 1. The number of fused-ring (bicyclic) bond motifs is 4. The van der Waals surface area contributed by atoms with Crippen molar-refractivity contribution in [3.05, 3.63) is 64.2 Å². The van der Waals surface area contributed by atoms with Gasteiger partial charge in [0.15, 0.2) is 5.82 Å². The van der Waals surface area contributed by atoms with Gasteiger partial charge in [-0.2, -0.15) is 0 Å². The third-order valence-electron chi connectivity index (χ3n) is 12.2. The summed E-state index contributed by atoms with van der Waals surface area (Å²) in [6.45, 7) is 13.2. The molecule has 5 nitrogen and oxygen atoms in total. The van der Waals surface area contributed by atoms with Gasteiger partial charge in [-0.25, -0.2) is 8.78 Å². The maximum Gasteiger partial charge on any atom is 0.158 e. The number of unbranched alkanes of at least 4 members (excludes halogenated alkanes) is 2. The van der Waals surface area contributed by atoms with Crippen LogP contribution in [0.5, 0.6) is 0 Å². The van der Waals surface area contributed by atoms with Gasteiger partial charge in [-0.3, -0.25) is 9.98 Å². The summed E-state index contributed by atoms with van der Waals surface area (Å²) in [7, 11) is 0. The quantitative estimate of drug-likeness (QED) is 0.133. The zero-order valence-corrected chi connectivity index (χ0v) is 29.1. The molecule has 0 radical (unpaired) electrons. The monoisotopic (exact) mass is 671 g/mol. The van der Waals surface area contributed by atoms with Gasteiger partial charge in [-0.15, -0.1) is 0 Å². The zero-order chi connectivity index (χ0) is 33.2. The number of piperazine rings is 1. The molecule has 3 aliphatic heterocycles. The van der Waals surface area contributed by atoms with Crippen LogP contribution in [0.3, 0.4) is 0 Å². The van der Waals surface area contributed by atoms with Gasteiger partial charge in [0, 0.05) is 66.4 Å². The molecule has 254 valence electrons. The third-order valence-corrected chi connectivity index (χ3v) is 12.5. The first-order valence-corrected chi connectivity index (χ1v) is 18.7. The van der Waals surface area contributed by atoms with Gasteiger partial charge in [0.05, 0.1) is 5.02 Å². The summed E-state index contributed by atoms with van der Waals surface area (Å²) in [5.74, 6) is 1.33. The fourth-order valence-corrected chi connectivity index (χ4v) is 9.44. The Kier molecular flexibility index (Phi) is 8.61. The molecule has 8 rings (SSSR count). The summed E-state index contributed by atoms with van der Waals surface area (Å²) in [5, 5.41) is 5.66. The molecule has 0 spiro atoms. The SMILES string of the molecule is C=Nc1c(C(=NCCCCCN2CC(C)CCC2C)N2CC3CCC(C2)N3)cc(Cl)c(-c2cccc3ccc(F)c(C45CC4C5)c23)c1F. The molecule has 48 heavy (non-hydrogen) atoms. The van der Waals surface area contributed by atoms with Gasteiger partial charge in [0.1, 0.15) is 17.3 Å². The van der Waals surface area contributed by atoms with Crippen molar-refractivity contribution in [2.24, 2.45) is 21.8 Å². The first kappa shape index (κ1) is 32.3. The van der Waals surface area contributed by atoms with E-state index in [9.17, 15) is 0 Å². The van der Waals surface area contributed by atoms with Crippen molar-refractivity contribution in [2.75, 3.05) is 32.7 Å². The van der Waals surface area contributed by atoms with Gasteiger partial charge in [0.2, 0.25) is 0 Å². The van der Waals surface area contributed by atoms with Crippen LogP contribution in [0.2, 0.25) is 5.02 Å². The van der Waals surface area contributed by atoms with Crippen LogP contribution in [0.1, 0.15) is 82.8 Å². The van der Waals surface area contributed by atoms with Crippen molar-refractivity contribution in [1.29, 1.82) is 0 Å². The van der Waals surface area contributed by atoms with Crippen LogP contribution in [-0.2, 0) is 5.41 Å². The molecule has 3 aromatic rings. The predicted molar refractivity (Wildman–Crippen MR) is 194 cm³/mol. The maximum atomic E-state index is 17.0. The van der Waals surface area contributed by atoms with E-state index in [-0.39, 0.29) is 27.5 Å². The van der Waals surface area contributed by atoms with E-state index in [1.54, 1.807) is 12.1 Å². The van der Waals surface area contributed by atoms with E-state index in [4.69, 9.17) is 16.6 Å². The van der Waals surface area contributed by atoms with E-state index in [0.29, 0.717) is 41.7 Å². The molecule has 2 bridgehead atoms. The van der Waals surface area contributed by atoms with Crippen molar-refractivity contribution in [1.82, 2.24) is 15.1 Å². The Bertz CT molecular complexity index is 1750. The molecule has 0 amide bonds. The molecule has 2 aliphatic carbocycles. The van der Waals surface area contributed by atoms with E-state index in [1.165, 1.54) is 19.4 Å². The average molecular weight is 672 g/mol. The highest BCUT2D eigenvalue weighted by Crippen LogP contribution is 2.76. The molecule has 4 atom stereocenters. The number of amidine groups is 1. The Hall–Kier alpha value is -2.87. The van der Waals surface area contributed by atoms with E-state index >= 15 is 8.78 Å². The third kappa shape index (κ3) is 5.78. The first-order valence-electron chi connectivity index (χ1n) is 18.3. The Labute approximate surface area is 288 Å². The lowest BCUT2D eigenvalue weighted by Gasteiger charge is -2.36. The Morgan fingerprint density at radius 3 is 2.50 bits per heavy atom. The molecule has 2 saturated carbocycles. The minimum Gasteiger partial charge on any atom is -0.353 e. The molecule has 0 aromatic heterocycles. The number of nitrogens with one attached hydrogen (secondary N) is 1. The molecule has 5 aliphatic rings. The molecule has 1 N–H and O–H groups in total. The predicted octanol–water partition coefficient (Wildman–Crippen LogP) is 8.91. The van der Waals surface area contributed by atoms with Crippen LogP contribution in [0.15, 0.2) is 46.4 Å². The van der Waals surface area contributed by atoms with Crippen LogP contribution in [0.4, 0.5) is 14.5 Å². The second-order valence-electron chi connectivity index (χ2n) is 15.5. The lowest BCUT2D eigenvalue weighted by molar-refractivity contribution is 0.122. The van der Waals surface area contributed by atoms with Crippen LogP contribution in [0, 0.1) is 23.5 Å². The van der Waals surface area contributed by atoms with Gasteiger partial charge >= 0.3 is 0 Å². The zero-order valence-electron chi connectivity index (χ0n) is 28.4. The number of aliphatic imine (C=N–C) groups is 2. The van der Waals surface area contributed by atoms with Crippen molar-refractivity contribution in [3.8, 4) is 11.1 Å². The number of hydrogen-bond acceptors (Lipinski definition) is 4. The molecule has 5 fully saturated rings. The largest absolute Gasteiger partial charge is 0.353 e. The van der Waals surface area contributed by atoms with Crippen LogP contribution in [0.25, 0.3) is 21.9 Å². The molecular formula is C40H48ClF2N5. The number of hydrogen-bond donors (Lipinski definition) is 1. The number of rotatable bonds is 10. The Morgan fingerprint density at radius 1 is 1.00 bits per heavy atom. The topological polar surface area (TPSA) is 43.2 Å². The van der Waals surface area contributed by atoms with Crippen LogP contribution < -0.4 is 5.32 Å². The van der Waals surface area contributed by atoms with Crippen molar-refractivity contribution >= 4 is 40.6 Å². The van der Waals surface area contributed by atoms with E-state index in [0.717, 1.165) is 92.7 Å². The number of nitrogens with zero attached hydrogens (tertiary/aromatic N) is 4. The van der Waals surface area contributed by atoms with Gasteiger partial charge in [-0.05, 0) is 112 Å². The van der Waals surface area contributed by atoms with Crippen LogP contribution in [-0.4, -0.2) is 73.2 Å². The first-order chi connectivity index (χ1) is 23.3. The summed E-state index contributed by atoms with van der Waals surface area (Å²) in [6, 6.07) is 12.4. The van der Waals surface area contributed by atoms with Crippen molar-refractivity contribution in [2.45, 2.75) is 95.2 Å². The highest BCUT2D eigenvalue weighted by Gasteiger charge is 2.71. The van der Waals surface area contributed by atoms with E-state index in [2.05, 4.69) is 40.7 Å². The molecule has 3 heterocycles. The highest BCUT2D eigenvalue weighted by molar-refractivity contribution is 6.34. The minimum atomic E-state index is -0.522. The summed E-state index contributed by atoms with van der Waals surface area (Å²) >= 11 is 7.10. The smallest absolute Gasteiger partial charge is 0.158 e. The second-order valence-corrected chi connectivity index (χ2v) is 15.9. The van der Waals surface area contributed by atoms with Crippen LogP contribution >= 0.6 is 11.6 Å². The summed E-state index contributed by atoms with van der Waals surface area (Å²) in [4.78, 5) is 14.4. The molecule has 8 heteroatoms. The van der Waals surface area contributed by atoms with E-state index < -0.39 is 5.82 Å². The normalized spacial score (nSPS) is 29.7. The fraction of sp³-hybridized carbons (Fsp3) is 0.550.